The number of piperazine rings is 1. The number of carbonyl (C=O) groups is 1. The van der Waals surface area contributed by atoms with Crippen molar-refractivity contribution < 1.29 is 9.90 Å². The maximum absolute atomic E-state index is 12.8. The molecular formula is C26H25Cl2N3O2. The molecule has 1 aliphatic heterocycles. The molecule has 0 spiro atoms. The summed E-state index contributed by atoms with van der Waals surface area (Å²) in [7, 11) is 0. The first kappa shape index (κ1) is 22.2. The first-order valence-corrected chi connectivity index (χ1v) is 11.8. The van der Waals surface area contributed by atoms with Crippen LogP contribution in [0.15, 0.2) is 66.7 Å². The van der Waals surface area contributed by atoms with Gasteiger partial charge in [-0.15, -0.1) is 0 Å². The summed E-state index contributed by atoms with van der Waals surface area (Å²) in [5, 5.41) is 14.2. The van der Waals surface area contributed by atoms with Crippen molar-refractivity contribution in [2.75, 3.05) is 26.2 Å². The third kappa shape index (κ3) is 4.73. The van der Waals surface area contributed by atoms with Crippen LogP contribution in [0.2, 0.25) is 10.0 Å². The van der Waals surface area contributed by atoms with E-state index in [9.17, 15) is 9.90 Å². The van der Waals surface area contributed by atoms with E-state index in [1.165, 1.54) is 5.56 Å². The van der Waals surface area contributed by atoms with Crippen molar-refractivity contribution in [2.45, 2.75) is 19.2 Å². The summed E-state index contributed by atoms with van der Waals surface area (Å²) >= 11 is 12.5. The van der Waals surface area contributed by atoms with Crippen LogP contribution in [-0.2, 0) is 17.9 Å². The van der Waals surface area contributed by atoms with Gasteiger partial charge < -0.3 is 14.6 Å². The number of amides is 1. The Morgan fingerprint density at radius 2 is 1.48 bits per heavy atom. The lowest BCUT2D eigenvalue weighted by molar-refractivity contribution is -0.137. The molecule has 1 atom stereocenters. The summed E-state index contributed by atoms with van der Waals surface area (Å²) in [6.45, 7) is 3.21. The van der Waals surface area contributed by atoms with Gasteiger partial charge in [-0.2, -0.15) is 0 Å². The fourth-order valence-electron chi connectivity index (χ4n) is 4.69. The number of benzene rings is 3. The summed E-state index contributed by atoms with van der Waals surface area (Å²) in [4.78, 5) is 16.7. The molecule has 1 saturated heterocycles. The van der Waals surface area contributed by atoms with E-state index in [1.807, 2.05) is 54.6 Å². The monoisotopic (exact) mass is 481 g/mol. The zero-order valence-corrected chi connectivity index (χ0v) is 19.6. The molecule has 0 bridgehead atoms. The SMILES string of the molecule is O=C1CN(Cc2ccccc2)CCN1CC(O)Cn1c2ccc(Cl)cc2c2cc(Cl)ccc21. The quantitative estimate of drug-likeness (QED) is 0.429. The van der Waals surface area contributed by atoms with E-state index in [0.29, 0.717) is 36.2 Å². The van der Waals surface area contributed by atoms with Gasteiger partial charge in [0.25, 0.3) is 0 Å². The minimum atomic E-state index is -0.695. The molecule has 5 nitrogen and oxygen atoms in total. The second kappa shape index (κ2) is 9.35. The summed E-state index contributed by atoms with van der Waals surface area (Å²) < 4.78 is 2.08. The van der Waals surface area contributed by atoms with E-state index in [-0.39, 0.29) is 5.91 Å². The second-order valence-corrected chi connectivity index (χ2v) is 9.50. The van der Waals surface area contributed by atoms with Crippen molar-refractivity contribution in [2.24, 2.45) is 0 Å². The number of hydrogen-bond acceptors (Lipinski definition) is 3. The lowest BCUT2D eigenvalue weighted by Gasteiger charge is -2.35. The van der Waals surface area contributed by atoms with Crippen LogP contribution >= 0.6 is 23.2 Å². The predicted octanol–water partition coefficient (Wildman–Crippen LogP) is 4.81. The van der Waals surface area contributed by atoms with Gasteiger partial charge in [-0.1, -0.05) is 53.5 Å². The molecule has 7 heteroatoms. The van der Waals surface area contributed by atoms with Gasteiger partial charge >= 0.3 is 0 Å². The van der Waals surface area contributed by atoms with Crippen molar-refractivity contribution in [1.82, 2.24) is 14.4 Å². The Labute approximate surface area is 202 Å². The van der Waals surface area contributed by atoms with Gasteiger partial charge in [0, 0.05) is 58.0 Å². The maximum Gasteiger partial charge on any atom is 0.236 e. The highest BCUT2D eigenvalue weighted by Crippen LogP contribution is 2.33. The molecule has 33 heavy (non-hydrogen) atoms. The van der Waals surface area contributed by atoms with Crippen molar-refractivity contribution in [3.8, 4) is 0 Å². The standard InChI is InChI=1S/C26H25Cl2N3O2/c27-19-6-8-24-22(12-19)23-13-20(28)7-9-25(23)31(24)16-21(32)15-30-11-10-29(17-26(30)33)14-18-4-2-1-3-5-18/h1-9,12-13,21,32H,10-11,14-17H2. The minimum absolute atomic E-state index is 0.0528. The number of rotatable bonds is 6. The number of hydrogen-bond donors (Lipinski definition) is 1. The van der Waals surface area contributed by atoms with Gasteiger partial charge in [0.1, 0.15) is 0 Å². The molecule has 1 aliphatic rings. The lowest BCUT2D eigenvalue weighted by atomic mass is 10.1. The smallest absolute Gasteiger partial charge is 0.236 e. The van der Waals surface area contributed by atoms with Gasteiger partial charge in [0.05, 0.1) is 19.2 Å². The first-order chi connectivity index (χ1) is 16.0. The van der Waals surface area contributed by atoms with Crippen molar-refractivity contribution in [3.05, 3.63) is 82.3 Å². The topological polar surface area (TPSA) is 48.7 Å². The Kier molecular flexibility index (Phi) is 6.30. The Bertz CT molecular complexity index is 1250. The van der Waals surface area contributed by atoms with Crippen molar-refractivity contribution >= 4 is 50.9 Å². The Hall–Kier alpha value is -2.57. The lowest BCUT2D eigenvalue weighted by Crippen LogP contribution is -2.52. The molecule has 0 radical (unpaired) electrons. The number of carbonyl (C=O) groups excluding carboxylic acids is 1. The van der Waals surface area contributed by atoms with Gasteiger partial charge in [-0.25, -0.2) is 0 Å². The van der Waals surface area contributed by atoms with Gasteiger partial charge in [-0.05, 0) is 42.0 Å². The second-order valence-electron chi connectivity index (χ2n) is 8.62. The zero-order valence-electron chi connectivity index (χ0n) is 18.1. The molecule has 1 aromatic heterocycles. The van der Waals surface area contributed by atoms with Crippen LogP contribution in [0.3, 0.4) is 0 Å². The normalized spacial score (nSPS) is 16.1. The highest BCUT2D eigenvalue weighted by molar-refractivity contribution is 6.33. The van der Waals surface area contributed by atoms with Crippen LogP contribution in [0.5, 0.6) is 0 Å². The molecular weight excluding hydrogens is 457 g/mol. The van der Waals surface area contributed by atoms with E-state index >= 15 is 0 Å². The Morgan fingerprint density at radius 3 is 2.09 bits per heavy atom. The van der Waals surface area contributed by atoms with E-state index in [4.69, 9.17) is 23.2 Å². The number of fused-ring (bicyclic) bond motifs is 3. The fourth-order valence-corrected chi connectivity index (χ4v) is 5.04. The van der Waals surface area contributed by atoms with Crippen molar-refractivity contribution in [3.63, 3.8) is 0 Å². The maximum atomic E-state index is 12.8. The average molecular weight is 482 g/mol. The van der Waals surface area contributed by atoms with Crippen molar-refractivity contribution in [1.29, 1.82) is 0 Å². The molecule has 1 unspecified atom stereocenters. The number of halogens is 2. The predicted molar refractivity (Wildman–Crippen MR) is 134 cm³/mol. The van der Waals surface area contributed by atoms with Crippen LogP contribution in [0.4, 0.5) is 0 Å². The Balaban J connectivity index is 1.29. The molecule has 5 rings (SSSR count). The number of β-amino-alcohol motifs (C(OH)–C–C–N with tert-alkyl or cyclic N) is 1. The molecule has 1 fully saturated rings. The summed E-state index contributed by atoms with van der Waals surface area (Å²) in [6.07, 6.45) is -0.695. The van der Waals surface area contributed by atoms with Gasteiger partial charge in [0.15, 0.2) is 0 Å². The molecule has 1 amide bonds. The highest BCUT2D eigenvalue weighted by Gasteiger charge is 2.26. The number of aliphatic hydroxyl groups is 1. The molecule has 0 saturated carbocycles. The summed E-state index contributed by atoms with van der Waals surface area (Å²) in [5.74, 6) is 0.0528. The van der Waals surface area contributed by atoms with E-state index in [0.717, 1.165) is 34.9 Å². The Morgan fingerprint density at radius 1 is 0.848 bits per heavy atom. The first-order valence-electron chi connectivity index (χ1n) is 11.1. The summed E-state index contributed by atoms with van der Waals surface area (Å²) in [5.41, 5.74) is 3.16. The third-order valence-electron chi connectivity index (χ3n) is 6.26. The molecule has 0 aliphatic carbocycles. The number of aliphatic hydroxyl groups excluding tert-OH is 1. The average Bonchev–Trinajstić information content (AvgIpc) is 3.08. The minimum Gasteiger partial charge on any atom is -0.389 e. The van der Waals surface area contributed by atoms with Gasteiger partial charge in [-0.3, -0.25) is 9.69 Å². The summed E-state index contributed by atoms with van der Waals surface area (Å²) in [6, 6.07) is 21.7. The third-order valence-corrected chi connectivity index (χ3v) is 6.73. The molecule has 3 aromatic carbocycles. The van der Waals surface area contributed by atoms with Crippen LogP contribution in [0.1, 0.15) is 5.56 Å². The molecule has 170 valence electrons. The van der Waals surface area contributed by atoms with E-state index in [2.05, 4.69) is 21.6 Å². The number of nitrogens with zero attached hydrogens (tertiary/aromatic N) is 3. The molecule has 1 N–H and O–H groups in total. The van der Waals surface area contributed by atoms with Crippen LogP contribution < -0.4 is 0 Å². The van der Waals surface area contributed by atoms with E-state index < -0.39 is 6.10 Å². The molecule has 4 aromatic rings. The van der Waals surface area contributed by atoms with E-state index in [1.54, 1.807) is 4.90 Å². The van der Waals surface area contributed by atoms with Crippen LogP contribution in [0.25, 0.3) is 21.8 Å². The highest BCUT2D eigenvalue weighted by atomic mass is 35.5. The fraction of sp³-hybridized carbons (Fsp3) is 0.269. The molecule has 2 heterocycles. The number of aromatic nitrogens is 1. The van der Waals surface area contributed by atoms with Crippen LogP contribution in [-0.4, -0.2) is 57.7 Å². The van der Waals surface area contributed by atoms with Crippen LogP contribution in [0, 0.1) is 0 Å². The largest absolute Gasteiger partial charge is 0.389 e. The zero-order chi connectivity index (χ0) is 22.9. The van der Waals surface area contributed by atoms with Gasteiger partial charge in [0.2, 0.25) is 5.91 Å².